The van der Waals surface area contributed by atoms with Gasteiger partial charge in [0.1, 0.15) is 22.2 Å². The molecule has 0 aliphatic rings. The van der Waals surface area contributed by atoms with Crippen LogP contribution in [0.1, 0.15) is 35.1 Å². The normalized spacial score (nSPS) is 11.3. The Bertz CT molecular complexity index is 1250. The first-order chi connectivity index (χ1) is 16.6. The first kappa shape index (κ1) is 26.2. The van der Waals surface area contributed by atoms with E-state index in [1.54, 1.807) is 0 Å². The largest absolute Gasteiger partial charge is 0.494 e. The van der Waals surface area contributed by atoms with Crippen molar-refractivity contribution in [2.75, 3.05) is 18.6 Å². The van der Waals surface area contributed by atoms with Gasteiger partial charge < -0.3 is 14.6 Å². The highest BCUT2D eigenvalue weighted by Crippen LogP contribution is 2.31. The van der Waals surface area contributed by atoms with Gasteiger partial charge in [0.2, 0.25) is 5.88 Å². The van der Waals surface area contributed by atoms with Crippen molar-refractivity contribution in [1.82, 2.24) is 4.98 Å². The molecule has 3 aromatic rings. The van der Waals surface area contributed by atoms with Gasteiger partial charge in [0.15, 0.2) is 0 Å². The lowest BCUT2D eigenvalue weighted by atomic mass is 9.99. The van der Waals surface area contributed by atoms with E-state index < -0.39 is 15.8 Å². The Balaban J connectivity index is 1.64. The number of aliphatic carboxylic acids is 1. The van der Waals surface area contributed by atoms with Crippen LogP contribution in [0.5, 0.6) is 11.6 Å². The zero-order valence-electron chi connectivity index (χ0n) is 20.3. The van der Waals surface area contributed by atoms with Crippen molar-refractivity contribution in [2.24, 2.45) is 0 Å². The van der Waals surface area contributed by atoms with Gasteiger partial charge in [-0.1, -0.05) is 30.3 Å². The van der Waals surface area contributed by atoms with Crippen molar-refractivity contribution in [3.05, 3.63) is 76.9 Å². The first-order valence-electron chi connectivity index (χ1n) is 11.4. The maximum atomic E-state index is 11.3. The molecule has 0 aliphatic heterocycles. The van der Waals surface area contributed by atoms with Gasteiger partial charge in [0, 0.05) is 24.3 Å². The molecule has 0 unspecified atom stereocenters. The van der Waals surface area contributed by atoms with Crippen molar-refractivity contribution in [2.45, 2.75) is 39.7 Å². The molecule has 35 heavy (non-hydrogen) atoms. The number of ether oxygens (including phenoxy) is 2. The molecule has 0 saturated carbocycles. The number of nitrogens with zero attached hydrogens (tertiary/aromatic N) is 1. The number of aromatic nitrogens is 1. The van der Waals surface area contributed by atoms with Crippen molar-refractivity contribution >= 4 is 15.8 Å². The molecule has 0 aliphatic carbocycles. The van der Waals surface area contributed by atoms with Crippen molar-refractivity contribution < 1.29 is 27.8 Å². The summed E-state index contributed by atoms with van der Waals surface area (Å²) in [7, 11) is -2.99. The molecule has 0 amide bonds. The molecule has 3 rings (SSSR count). The van der Waals surface area contributed by atoms with E-state index in [0.717, 1.165) is 33.5 Å². The Labute approximate surface area is 206 Å². The average Bonchev–Trinajstić information content (AvgIpc) is 2.79. The second-order valence-electron chi connectivity index (χ2n) is 8.62. The highest BCUT2D eigenvalue weighted by molar-refractivity contribution is 7.90. The molecule has 2 aromatic carbocycles. The zero-order chi connectivity index (χ0) is 25.4. The van der Waals surface area contributed by atoms with Crippen LogP contribution < -0.4 is 9.47 Å². The Morgan fingerprint density at radius 3 is 2.26 bits per heavy atom. The zero-order valence-corrected chi connectivity index (χ0v) is 21.1. The van der Waals surface area contributed by atoms with Gasteiger partial charge in [-0.25, -0.2) is 13.4 Å². The number of benzene rings is 2. The summed E-state index contributed by atoms with van der Waals surface area (Å²) in [5, 5.41) is 8.81. The average molecular weight is 498 g/mol. The van der Waals surface area contributed by atoms with E-state index in [1.165, 1.54) is 6.26 Å². The van der Waals surface area contributed by atoms with Crippen LogP contribution in [0.3, 0.4) is 0 Å². The Kier molecular flexibility index (Phi) is 8.87. The van der Waals surface area contributed by atoms with Gasteiger partial charge in [0.25, 0.3) is 0 Å². The number of sulfone groups is 1. The summed E-state index contributed by atoms with van der Waals surface area (Å²) in [4.78, 5) is 15.4. The second kappa shape index (κ2) is 11.8. The molecule has 1 heterocycles. The van der Waals surface area contributed by atoms with Gasteiger partial charge in [-0.05, 0) is 67.1 Å². The summed E-state index contributed by atoms with van der Waals surface area (Å²) in [6.45, 7) is 4.68. The van der Waals surface area contributed by atoms with E-state index in [1.807, 2.05) is 68.4 Å². The van der Waals surface area contributed by atoms with Gasteiger partial charge in [-0.15, -0.1) is 0 Å². The summed E-state index contributed by atoms with van der Waals surface area (Å²) in [5.41, 5.74) is 5.76. The fourth-order valence-electron chi connectivity index (χ4n) is 3.77. The van der Waals surface area contributed by atoms with Gasteiger partial charge in [0.05, 0.1) is 18.1 Å². The number of aryl methyl sites for hydroxylation is 3. The third-order valence-corrected chi connectivity index (χ3v) is 6.48. The summed E-state index contributed by atoms with van der Waals surface area (Å²) >= 11 is 0. The van der Waals surface area contributed by atoms with Crippen LogP contribution in [0.15, 0.2) is 54.6 Å². The van der Waals surface area contributed by atoms with E-state index in [4.69, 9.17) is 14.6 Å². The molecular formula is C27H31NO6S. The monoisotopic (exact) mass is 497 g/mol. The Hall–Kier alpha value is -3.39. The quantitative estimate of drug-likeness (QED) is 0.359. The predicted octanol–water partition coefficient (Wildman–Crippen LogP) is 4.78. The maximum Gasteiger partial charge on any atom is 0.303 e. The smallest absolute Gasteiger partial charge is 0.303 e. The fourth-order valence-corrected chi connectivity index (χ4v) is 4.41. The van der Waals surface area contributed by atoms with E-state index >= 15 is 0 Å². The number of hydrogen-bond acceptors (Lipinski definition) is 6. The summed E-state index contributed by atoms with van der Waals surface area (Å²) < 4.78 is 34.2. The lowest BCUT2D eigenvalue weighted by molar-refractivity contribution is -0.136. The van der Waals surface area contributed by atoms with Crippen molar-refractivity contribution in [3.63, 3.8) is 0 Å². The number of carboxylic acids is 1. The number of hydrogen-bond donors (Lipinski definition) is 1. The van der Waals surface area contributed by atoms with Gasteiger partial charge in [-0.2, -0.15) is 0 Å². The highest BCUT2D eigenvalue weighted by atomic mass is 32.2. The van der Waals surface area contributed by atoms with E-state index in [9.17, 15) is 13.2 Å². The molecular weight excluding hydrogens is 466 g/mol. The van der Waals surface area contributed by atoms with E-state index in [2.05, 4.69) is 4.98 Å². The number of carbonyl (C=O) groups is 1. The predicted molar refractivity (Wildman–Crippen MR) is 136 cm³/mol. The molecule has 0 saturated heterocycles. The molecule has 186 valence electrons. The van der Waals surface area contributed by atoms with Crippen LogP contribution >= 0.6 is 0 Å². The van der Waals surface area contributed by atoms with Crippen molar-refractivity contribution in [3.8, 4) is 22.9 Å². The van der Waals surface area contributed by atoms with E-state index in [0.29, 0.717) is 37.7 Å². The third kappa shape index (κ3) is 8.40. The molecule has 7 nitrogen and oxygen atoms in total. The summed E-state index contributed by atoms with van der Waals surface area (Å²) in [5.74, 6) is 0.517. The van der Waals surface area contributed by atoms with Gasteiger partial charge in [-0.3, -0.25) is 4.79 Å². The minimum Gasteiger partial charge on any atom is -0.494 e. The van der Waals surface area contributed by atoms with Crippen LogP contribution in [-0.4, -0.2) is 43.1 Å². The molecule has 1 aromatic heterocycles. The van der Waals surface area contributed by atoms with Crippen LogP contribution in [0.25, 0.3) is 11.3 Å². The van der Waals surface area contributed by atoms with Crippen molar-refractivity contribution in [1.29, 1.82) is 0 Å². The van der Waals surface area contributed by atoms with E-state index in [-0.39, 0.29) is 12.2 Å². The molecule has 0 radical (unpaired) electrons. The molecule has 0 fully saturated rings. The standard InChI is InChI=1S/C27H31NO6S/c1-19-16-23(33-14-5-15-35(3,31)32)17-20(2)27(19)24-6-4-7-25(28-24)34-18-22-10-8-21(9-11-22)12-13-26(29)30/h4,6-11,16-17H,5,12-15,18H2,1-3H3,(H,29,30). The second-order valence-corrected chi connectivity index (χ2v) is 10.9. The Morgan fingerprint density at radius 1 is 0.971 bits per heavy atom. The maximum absolute atomic E-state index is 11.3. The number of pyridine rings is 1. The lowest BCUT2D eigenvalue weighted by Gasteiger charge is -2.14. The number of carboxylic acid groups (broad SMARTS) is 1. The van der Waals surface area contributed by atoms with Crippen LogP contribution in [0.2, 0.25) is 0 Å². The first-order valence-corrected chi connectivity index (χ1v) is 13.5. The molecule has 8 heteroatoms. The van der Waals surface area contributed by atoms with Crippen LogP contribution in [0, 0.1) is 13.8 Å². The molecule has 0 spiro atoms. The fraction of sp³-hybridized carbons (Fsp3) is 0.333. The summed E-state index contributed by atoms with van der Waals surface area (Å²) in [6, 6.07) is 17.2. The minimum absolute atomic E-state index is 0.106. The molecule has 1 N–H and O–H groups in total. The Morgan fingerprint density at radius 2 is 1.63 bits per heavy atom. The van der Waals surface area contributed by atoms with Gasteiger partial charge >= 0.3 is 5.97 Å². The SMILES string of the molecule is Cc1cc(OCCCS(C)(=O)=O)cc(C)c1-c1cccc(OCc2ccc(CCC(=O)O)cc2)n1. The molecule has 0 atom stereocenters. The van der Waals surface area contributed by atoms with Crippen LogP contribution in [-0.2, 0) is 27.7 Å². The minimum atomic E-state index is -2.99. The number of rotatable bonds is 12. The topological polar surface area (TPSA) is 103 Å². The third-order valence-electron chi connectivity index (χ3n) is 5.45. The van der Waals surface area contributed by atoms with Crippen LogP contribution in [0.4, 0.5) is 0 Å². The summed E-state index contributed by atoms with van der Waals surface area (Å²) in [6.07, 6.45) is 2.29. The lowest BCUT2D eigenvalue weighted by Crippen LogP contribution is -2.08. The highest BCUT2D eigenvalue weighted by Gasteiger charge is 2.11. The molecule has 0 bridgehead atoms.